The van der Waals surface area contributed by atoms with E-state index in [1.165, 1.54) is 0 Å². The number of nitrogens with two attached hydrogens (primary N) is 1. The first-order chi connectivity index (χ1) is 9.47. The van der Waals surface area contributed by atoms with Gasteiger partial charge in [-0.15, -0.1) is 0 Å². The lowest BCUT2D eigenvalue weighted by molar-refractivity contribution is 0.0933. The van der Waals surface area contributed by atoms with Gasteiger partial charge in [-0.2, -0.15) is 0 Å². The van der Waals surface area contributed by atoms with Crippen LogP contribution in [0.1, 0.15) is 44.1 Å². The summed E-state index contributed by atoms with van der Waals surface area (Å²) in [4.78, 5) is 15.3. The molecule has 4 nitrogen and oxygen atoms in total. The Bertz CT molecular complexity index is 601. The number of amides is 1. The normalized spacial score (nSPS) is 12.8. The van der Waals surface area contributed by atoms with Crippen LogP contribution in [0, 0.1) is 5.92 Å². The number of rotatable bonds is 5. The molecule has 0 saturated heterocycles. The molecule has 0 fully saturated rings. The number of fused-ring (bicyclic) bond motifs is 1. The number of hydrogen-bond acceptors (Lipinski definition) is 2. The van der Waals surface area contributed by atoms with E-state index in [0.717, 1.165) is 23.7 Å². The highest BCUT2D eigenvalue weighted by atomic mass is 16.1. The highest BCUT2D eigenvalue weighted by Gasteiger charge is 2.13. The van der Waals surface area contributed by atoms with Crippen molar-refractivity contribution in [3.8, 4) is 0 Å². The van der Waals surface area contributed by atoms with Crippen LogP contribution in [0.2, 0.25) is 0 Å². The SMILES string of the molecule is CC(C)CCC(C)NC(=O)c1cc2cccc(N)c2[nH]1. The second-order valence-electron chi connectivity index (χ2n) is 5.84. The molecule has 4 N–H and O–H groups in total. The lowest BCUT2D eigenvalue weighted by Gasteiger charge is -2.14. The Morgan fingerprint density at radius 2 is 2.05 bits per heavy atom. The summed E-state index contributed by atoms with van der Waals surface area (Å²) >= 11 is 0. The molecule has 1 aromatic heterocycles. The second-order valence-corrected chi connectivity index (χ2v) is 5.84. The van der Waals surface area contributed by atoms with Gasteiger partial charge in [-0.3, -0.25) is 4.79 Å². The van der Waals surface area contributed by atoms with Crippen LogP contribution in [0.5, 0.6) is 0 Å². The van der Waals surface area contributed by atoms with E-state index in [1.54, 1.807) is 0 Å². The zero-order valence-electron chi connectivity index (χ0n) is 12.4. The first kappa shape index (κ1) is 14.4. The topological polar surface area (TPSA) is 70.9 Å². The van der Waals surface area contributed by atoms with E-state index >= 15 is 0 Å². The summed E-state index contributed by atoms with van der Waals surface area (Å²) in [5.74, 6) is 0.582. The quantitative estimate of drug-likeness (QED) is 0.731. The van der Waals surface area contributed by atoms with Crippen molar-refractivity contribution in [1.82, 2.24) is 10.3 Å². The number of H-pyrrole nitrogens is 1. The number of carbonyl (C=O) groups is 1. The number of hydrogen-bond donors (Lipinski definition) is 3. The maximum absolute atomic E-state index is 12.2. The van der Waals surface area contributed by atoms with Crippen LogP contribution in [-0.4, -0.2) is 16.9 Å². The first-order valence-corrected chi connectivity index (χ1v) is 7.15. The Kier molecular flexibility index (Phi) is 4.32. The smallest absolute Gasteiger partial charge is 0.267 e. The van der Waals surface area contributed by atoms with Gasteiger partial charge in [-0.05, 0) is 37.8 Å². The fourth-order valence-corrected chi connectivity index (χ4v) is 2.26. The van der Waals surface area contributed by atoms with E-state index in [-0.39, 0.29) is 11.9 Å². The van der Waals surface area contributed by atoms with Crippen molar-refractivity contribution in [1.29, 1.82) is 0 Å². The average molecular weight is 273 g/mol. The molecule has 1 aromatic carbocycles. The van der Waals surface area contributed by atoms with E-state index in [0.29, 0.717) is 17.3 Å². The predicted molar refractivity (Wildman–Crippen MR) is 83.7 cm³/mol. The summed E-state index contributed by atoms with van der Waals surface area (Å²) < 4.78 is 0. The maximum atomic E-state index is 12.2. The zero-order chi connectivity index (χ0) is 14.7. The van der Waals surface area contributed by atoms with Crippen LogP contribution < -0.4 is 11.1 Å². The van der Waals surface area contributed by atoms with Crippen molar-refractivity contribution in [3.63, 3.8) is 0 Å². The maximum Gasteiger partial charge on any atom is 0.267 e. The van der Waals surface area contributed by atoms with E-state index < -0.39 is 0 Å². The first-order valence-electron chi connectivity index (χ1n) is 7.15. The van der Waals surface area contributed by atoms with Gasteiger partial charge >= 0.3 is 0 Å². The molecule has 0 bridgehead atoms. The molecule has 0 spiro atoms. The number of aromatic amines is 1. The fraction of sp³-hybridized carbons (Fsp3) is 0.438. The van der Waals surface area contributed by atoms with Crippen molar-refractivity contribution in [2.45, 2.75) is 39.7 Å². The molecule has 0 aliphatic rings. The van der Waals surface area contributed by atoms with Gasteiger partial charge in [0.1, 0.15) is 5.69 Å². The number of para-hydroxylation sites is 1. The Hall–Kier alpha value is -1.97. The monoisotopic (exact) mass is 273 g/mol. The van der Waals surface area contributed by atoms with Gasteiger partial charge in [0.25, 0.3) is 5.91 Å². The zero-order valence-corrected chi connectivity index (χ0v) is 12.4. The second kappa shape index (κ2) is 5.99. The summed E-state index contributed by atoms with van der Waals surface area (Å²) in [5.41, 5.74) is 7.94. The van der Waals surface area contributed by atoms with Gasteiger partial charge < -0.3 is 16.0 Å². The minimum Gasteiger partial charge on any atom is -0.397 e. The molecule has 108 valence electrons. The van der Waals surface area contributed by atoms with Crippen molar-refractivity contribution in [2.75, 3.05) is 5.73 Å². The lowest BCUT2D eigenvalue weighted by atomic mass is 10.0. The van der Waals surface area contributed by atoms with Crippen LogP contribution >= 0.6 is 0 Å². The van der Waals surface area contributed by atoms with Gasteiger partial charge in [0.2, 0.25) is 0 Å². The Labute approximate surface area is 119 Å². The van der Waals surface area contributed by atoms with Gasteiger partial charge in [0.05, 0.1) is 11.2 Å². The average Bonchev–Trinajstić information content (AvgIpc) is 2.82. The predicted octanol–water partition coefficient (Wildman–Crippen LogP) is 3.30. The molecule has 20 heavy (non-hydrogen) atoms. The van der Waals surface area contributed by atoms with Crippen LogP contribution in [0.25, 0.3) is 10.9 Å². The molecule has 2 rings (SSSR count). The standard InChI is InChI=1S/C16H23N3O/c1-10(2)7-8-11(3)18-16(20)14-9-12-5-4-6-13(17)15(12)19-14/h4-6,9-11,19H,7-8,17H2,1-3H3,(H,18,20). The fourth-order valence-electron chi connectivity index (χ4n) is 2.26. The number of nitrogen functional groups attached to an aromatic ring is 1. The van der Waals surface area contributed by atoms with Crippen molar-refractivity contribution in [2.24, 2.45) is 5.92 Å². The molecule has 0 aliphatic heterocycles. The number of carbonyl (C=O) groups excluding carboxylic acids is 1. The number of anilines is 1. The van der Waals surface area contributed by atoms with Gasteiger partial charge in [0.15, 0.2) is 0 Å². The van der Waals surface area contributed by atoms with Crippen LogP contribution in [0.3, 0.4) is 0 Å². The molecule has 1 amide bonds. The molecular formula is C16H23N3O. The molecule has 1 heterocycles. The largest absolute Gasteiger partial charge is 0.397 e. The third-order valence-corrected chi connectivity index (χ3v) is 3.49. The molecule has 1 unspecified atom stereocenters. The Morgan fingerprint density at radius 3 is 2.70 bits per heavy atom. The van der Waals surface area contributed by atoms with Gasteiger partial charge in [-0.25, -0.2) is 0 Å². The van der Waals surface area contributed by atoms with Crippen molar-refractivity contribution in [3.05, 3.63) is 30.0 Å². The van der Waals surface area contributed by atoms with E-state index in [1.807, 2.05) is 31.2 Å². The summed E-state index contributed by atoms with van der Waals surface area (Å²) in [5, 5.41) is 3.98. The molecular weight excluding hydrogens is 250 g/mol. The number of aromatic nitrogens is 1. The molecule has 0 radical (unpaired) electrons. The molecule has 1 atom stereocenters. The van der Waals surface area contributed by atoms with Gasteiger partial charge in [-0.1, -0.05) is 26.0 Å². The number of nitrogens with one attached hydrogen (secondary N) is 2. The molecule has 2 aromatic rings. The number of benzene rings is 1. The summed E-state index contributed by atoms with van der Waals surface area (Å²) in [7, 11) is 0. The van der Waals surface area contributed by atoms with Crippen molar-refractivity contribution < 1.29 is 4.79 Å². The van der Waals surface area contributed by atoms with Crippen molar-refractivity contribution >= 4 is 22.5 Å². The Morgan fingerprint density at radius 1 is 1.30 bits per heavy atom. The van der Waals surface area contributed by atoms with Gasteiger partial charge in [0, 0.05) is 11.4 Å². The summed E-state index contributed by atoms with van der Waals surface area (Å²) in [6.45, 7) is 6.42. The summed E-state index contributed by atoms with van der Waals surface area (Å²) in [6, 6.07) is 7.68. The lowest BCUT2D eigenvalue weighted by Crippen LogP contribution is -2.32. The van der Waals surface area contributed by atoms with Crippen LogP contribution in [0.15, 0.2) is 24.3 Å². The highest BCUT2D eigenvalue weighted by molar-refractivity contribution is 6.00. The minimum atomic E-state index is -0.0724. The molecule has 0 aliphatic carbocycles. The van der Waals surface area contributed by atoms with E-state index in [9.17, 15) is 4.79 Å². The molecule has 0 saturated carbocycles. The highest BCUT2D eigenvalue weighted by Crippen LogP contribution is 2.21. The molecule has 4 heteroatoms. The van der Waals surface area contributed by atoms with Crippen LogP contribution in [-0.2, 0) is 0 Å². The van der Waals surface area contributed by atoms with E-state index in [2.05, 4.69) is 24.1 Å². The third kappa shape index (κ3) is 3.32. The van der Waals surface area contributed by atoms with Crippen LogP contribution in [0.4, 0.5) is 5.69 Å². The Balaban J connectivity index is 2.06. The minimum absolute atomic E-state index is 0.0724. The summed E-state index contributed by atoms with van der Waals surface area (Å²) in [6.07, 6.45) is 2.10. The van der Waals surface area contributed by atoms with E-state index in [4.69, 9.17) is 5.73 Å². The third-order valence-electron chi connectivity index (χ3n) is 3.49.